The molecule has 0 bridgehead atoms. The van der Waals surface area contributed by atoms with Crippen LogP contribution in [0.5, 0.6) is 0 Å². The Hall–Kier alpha value is -2.62. The molecule has 6 nitrogen and oxygen atoms in total. The number of thiazole rings is 1. The molecule has 0 radical (unpaired) electrons. The topological polar surface area (TPSA) is 79.4 Å². The first-order chi connectivity index (χ1) is 16.6. The zero-order valence-electron chi connectivity index (χ0n) is 20.3. The zero-order valence-corrected chi connectivity index (χ0v) is 21.9. The maximum absolute atomic E-state index is 13.4. The van der Waals surface area contributed by atoms with Crippen LogP contribution >= 0.6 is 11.3 Å². The summed E-state index contributed by atoms with van der Waals surface area (Å²) in [5.41, 5.74) is 2.78. The number of nitrogens with one attached hydrogen (secondary N) is 1. The van der Waals surface area contributed by atoms with Crippen LogP contribution in [0.4, 0.5) is 9.52 Å². The molecule has 0 aliphatic carbocycles. The fourth-order valence-electron chi connectivity index (χ4n) is 4.52. The highest BCUT2D eigenvalue weighted by molar-refractivity contribution is 7.91. The molecule has 4 rings (SSSR count). The van der Waals surface area contributed by atoms with Crippen LogP contribution in [0.25, 0.3) is 0 Å². The van der Waals surface area contributed by atoms with Gasteiger partial charge < -0.3 is 5.32 Å². The Bertz CT molecular complexity index is 1300. The number of hydrogen-bond acceptors (Lipinski definition) is 6. The number of sulfone groups is 1. The zero-order chi connectivity index (χ0) is 25.3. The summed E-state index contributed by atoms with van der Waals surface area (Å²) >= 11 is 1.49. The lowest BCUT2D eigenvalue weighted by atomic mass is 9.98. The molecule has 1 aliphatic rings. The number of aromatic nitrogens is 1. The highest BCUT2D eigenvalue weighted by atomic mass is 32.2. The molecule has 0 saturated heterocycles. The van der Waals surface area contributed by atoms with Crippen LogP contribution in [0.2, 0.25) is 0 Å². The second-order valence-electron chi connectivity index (χ2n) is 9.19. The number of hydrogen-bond donors (Lipinski definition) is 1. The molecule has 186 valence electrons. The Morgan fingerprint density at radius 3 is 2.40 bits per heavy atom. The first-order valence-electron chi connectivity index (χ1n) is 11.7. The summed E-state index contributed by atoms with van der Waals surface area (Å²) in [7, 11) is -3.26. The lowest BCUT2D eigenvalue weighted by molar-refractivity contribution is -0.115. The molecule has 2 unspecified atom stereocenters. The van der Waals surface area contributed by atoms with E-state index in [0.29, 0.717) is 11.0 Å². The van der Waals surface area contributed by atoms with Crippen molar-refractivity contribution in [2.45, 2.75) is 57.6 Å². The van der Waals surface area contributed by atoms with Crippen molar-refractivity contribution in [3.8, 4) is 0 Å². The number of carbonyl (C=O) groups is 1. The molecule has 2 atom stereocenters. The number of rotatable bonds is 8. The van der Waals surface area contributed by atoms with Crippen molar-refractivity contribution >= 4 is 32.2 Å². The maximum atomic E-state index is 13.4. The predicted octanol–water partition coefficient (Wildman–Crippen LogP) is 5.53. The molecule has 1 aliphatic heterocycles. The van der Waals surface area contributed by atoms with Gasteiger partial charge in [0.1, 0.15) is 5.82 Å². The standard InChI is InChI=1S/C26H30FN3O3S2/c1-5-35(32,33)21-12-6-18(7-13-21)14-23(31)28-26-29-24-22(34-26)15-30(25(24)16(2)3)17(4)19-8-10-20(27)11-9-19/h6-13,16-17,25H,5,14-15H2,1-4H3,(H,28,29,31). The maximum Gasteiger partial charge on any atom is 0.230 e. The summed E-state index contributed by atoms with van der Waals surface area (Å²) < 4.78 is 37.3. The van der Waals surface area contributed by atoms with Crippen molar-refractivity contribution < 1.29 is 17.6 Å². The minimum absolute atomic E-state index is 0.0407. The number of halogens is 1. The molecule has 0 fully saturated rings. The highest BCUT2D eigenvalue weighted by Crippen LogP contribution is 2.46. The largest absolute Gasteiger partial charge is 0.302 e. The van der Waals surface area contributed by atoms with E-state index < -0.39 is 9.84 Å². The average Bonchev–Trinajstić information content (AvgIpc) is 3.36. The Morgan fingerprint density at radius 2 is 1.80 bits per heavy atom. The van der Waals surface area contributed by atoms with Crippen molar-refractivity contribution in [3.63, 3.8) is 0 Å². The minimum Gasteiger partial charge on any atom is -0.302 e. The van der Waals surface area contributed by atoms with Gasteiger partial charge >= 0.3 is 0 Å². The molecule has 1 amide bonds. The van der Waals surface area contributed by atoms with Crippen LogP contribution in [0.15, 0.2) is 53.4 Å². The van der Waals surface area contributed by atoms with E-state index in [0.717, 1.165) is 28.2 Å². The number of carbonyl (C=O) groups excluding carboxylic acids is 1. The van der Waals surface area contributed by atoms with Gasteiger partial charge in [0.25, 0.3) is 0 Å². The van der Waals surface area contributed by atoms with Crippen molar-refractivity contribution in [1.29, 1.82) is 0 Å². The van der Waals surface area contributed by atoms with Crippen molar-refractivity contribution in [1.82, 2.24) is 9.88 Å². The first-order valence-corrected chi connectivity index (χ1v) is 14.2. The van der Waals surface area contributed by atoms with Crippen LogP contribution in [-0.4, -0.2) is 30.0 Å². The van der Waals surface area contributed by atoms with Crippen LogP contribution in [0.1, 0.15) is 61.5 Å². The van der Waals surface area contributed by atoms with Gasteiger partial charge in [-0.15, -0.1) is 11.3 Å². The second-order valence-corrected chi connectivity index (χ2v) is 12.6. The Balaban J connectivity index is 1.44. The normalized spacial score (nSPS) is 16.9. The first kappa shape index (κ1) is 25.5. The van der Waals surface area contributed by atoms with E-state index in [9.17, 15) is 17.6 Å². The fourth-order valence-corrected chi connectivity index (χ4v) is 6.43. The summed E-state index contributed by atoms with van der Waals surface area (Å²) in [5, 5.41) is 3.48. The van der Waals surface area contributed by atoms with E-state index in [2.05, 4.69) is 31.0 Å². The highest BCUT2D eigenvalue weighted by Gasteiger charge is 2.38. The van der Waals surface area contributed by atoms with E-state index >= 15 is 0 Å². The molecular formula is C26H30FN3O3S2. The van der Waals surface area contributed by atoms with Crippen LogP contribution in [-0.2, 0) is 27.6 Å². The summed E-state index contributed by atoms with van der Waals surface area (Å²) in [6.45, 7) is 8.76. The molecule has 1 aromatic heterocycles. The third-order valence-electron chi connectivity index (χ3n) is 6.45. The number of amides is 1. The average molecular weight is 516 g/mol. The van der Waals surface area contributed by atoms with E-state index in [-0.39, 0.29) is 40.9 Å². The minimum atomic E-state index is -3.26. The molecule has 35 heavy (non-hydrogen) atoms. The predicted molar refractivity (Wildman–Crippen MR) is 137 cm³/mol. The summed E-state index contributed by atoms with van der Waals surface area (Å²) in [6.07, 6.45) is 0.137. The smallest absolute Gasteiger partial charge is 0.230 e. The molecule has 0 saturated carbocycles. The van der Waals surface area contributed by atoms with Gasteiger partial charge in [0.15, 0.2) is 15.0 Å². The summed E-state index contributed by atoms with van der Waals surface area (Å²) in [4.78, 5) is 21.2. The van der Waals surface area contributed by atoms with Gasteiger partial charge in [0, 0.05) is 17.5 Å². The second kappa shape index (κ2) is 10.2. The third-order valence-corrected chi connectivity index (χ3v) is 9.17. The number of nitrogens with zero attached hydrogens (tertiary/aromatic N) is 2. The monoisotopic (exact) mass is 515 g/mol. The fraction of sp³-hybridized carbons (Fsp3) is 0.385. The lowest BCUT2D eigenvalue weighted by Crippen LogP contribution is -2.29. The van der Waals surface area contributed by atoms with Crippen molar-refractivity contribution in [2.24, 2.45) is 5.92 Å². The summed E-state index contributed by atoms with van der Waals surface area (Å²) in [5.74, 6) is -0.0892. The van der Waals surface area contributed by atoms with E-state index in [1.165, 1.54) is 23.5 Å². The summed E-state index contributed by atoms with van der Waals surface area (Å²) in [6, 6.07) is 13.3. The van der Waals surface area contributed by atoms with Gasteiger partial charge in [-0.3, -0.25) is 9.69 Å². The molecule has 1 N–H and O–H groups in total. The van der Waals surface area contributed by atoms with Crippen LogP contribution in [0.3, 0.4) is 0 Å². The van der Waals surface area contributed by atoms with Gasteiger partial charge in [-0.1, -0.05) is 45.0 Å². The van der Waals surface area contributed by atoms with Crippen LogP contribution < -0.4 is 5.32 Å². The van der Waals surface area contributed by atoms with Gasteiger partial charge in [0.2, 0.25) is 5.91 Å². The van der Waals surface area contributed by atoms with E-state index in [1.54, 1.807) is 31.2 Å². The molecule has 3 aromatic rings. The molecular weight excluding hydrogens is 485 g/mol. The quantitative estimate of drug-likeness (QED) is 0.427. The Kier molecular flexibility index (Phi) is 7.40. The van der Waals surface area contributed by atoms with Crippen molar-refractivity contribution in [3.05, 3.63) is 76.0 Å². The Labute approximate surface area is 210 Å². The van der Waals surface area contributed by atoms with Crippen LogP contribution in [0, 0.1) is 11.7 Å². The third kappa shape index (κ3) is 5.47. The van der Waals surface area contributed by atoms with E-state index in [4.69, 9.17) is 4.98 Å². The van der Waals surface area contributed by atoms with Crippen molar-refractivity contribution in [2.75, 3.05) is 11.1 Å². The Morgan fingerprint density at radius 1 is 1.14 bits per heavy atom. The molecule has 2 heterocycles. The SMILES string of the molecule is CCS(=O)(=O)c1ccc(CC(=O)Nc2nc3c(s2)CN(C(C)c2ccc(F)cc2)C3C(C)C)cc1. The lowest BCUT2D eigenvalue weighted by Gasteiger charge is -2.33. The molecule has 9 heteroatoms. The number of anilines is 1. The number of fused-ring (bicyclic) bond motifs is 1. The van der Waals surface area contributed by atoms with Gasteiger partial charge in [-0.25, -0.2) is 17.8 Å². The molecule has 0 spiro atoms. The van der Waals surface area contributed by atoms with Gasteiger partial charge in [-0.2, -0.15) is 0 Å². The number of benzene rings is 2. The van der Waals surface area contributed by atoms with Gasteiger partial charge in [0.05, 0.1) is 28.8 Å². The van der Waals surface area contributed by atoms with E-state index in [1.807, 2.05) is 12.1 Å². The molecule has 2 aromatic carbocycles. The van der Waals surface area contributed by atoms with Gasteiger partial charge in [-0.05, 0) is 48.2 Å².